The largest absolute Gasteiger partial charge is 0.452 e. The van der Waals surface area contributed by atoms with Crippen LogP contribution in [-0.2, 0) is 14.3 Å². The van der Waals surface area contributed by atoms with E-state index < -0.39 is 18.5 Å². The molecule has 0 saturated carbocycles. The summed E-state index contributed by atoms with van der Waals surface area (Å²) in [6.07, 6.45) is 1.17. The fourth-order valence-corrected chi connectivity index (χ4v) is 3.06. The molecule has 7 nitrogen and oxygen atoms in total. The summed E-state index contributed by atoms with van der Waals surface area (Å²) in [4.78, 5) is 37.8. The van der Waals surface area contributed by atoms with E-state index in [1.807, 2.05) is 6.07 Å². The number of hydrogen-bond donors (Lipinski definition) is 1. The molecule has 1 aliphatic rings. The number of hydrogen-bond acceptors (Lipinski definition) is 5. The maximum atomic E-state index is 12.3. The fraction of sp³-hybridized carbons (Fsp3) is 0.200. The quantitative estimate of drug-likeness (QED) is 0.781. The standard InChI is InChI=1S/C20H16ClN3O4/c21-15-8-7-13(10-17(15)24-9-3-6-19(24)26)20(27)28-12-18(25)23-16-5-2-1-4-14(16)11-22/h1-2,4-5,7-8,10H,3,6,9,12H2,(H,23,25). The minimum absolute atomic E-state index is 0.0528. The average molecular weight is 398 g/mol. The zero-order valence-corrected chi connectivity index (χ0v) is 15.5. The number of rotatable bonds is 5. The van der Waals surface area contributed by atoms with Crippen molar-refractivity contribution in [1.29, 1.82) is 5.26 Å². The lowest BCUT2D eigenvalue weighted by atomic mass is 10.2. The van der Waals surface area contributed by atoms with Crippen LogP contribution in [0.1, 0.15) is 28.8 Å². The van der Waals surface area contributed by atoms with Gasteiger partial charge in [0.15, 0.2) is 6.61 Å². The number of anilines is 2. The molecule has 1 heterocycles. The van der Waals surface area contributed by atoms with E-state index in [2.05, 4.69) is 5.32 Å². The molecular formula is C20H16ClN3O4. The monoisotopic (exact) mass is 397 g/mol. The van der Waals surface area contributed by atoms with Gasteiger partial charge in [-0.3, -0.25) is 9.59 Å². The minimum Gasteiger partial charge on any atom is -0.452 e. The lowest BCUT2D eigenvalue weighted by molar-refractivity contribution is -0.119. The summed E-state index contributed by atoms with van der Waals surface area (Å²) in [5.41, 5.74) is 1.28. The highest BCUT2D eigenvalue weighted by Crippen LogP contribution is 2.30. The molecule has 1 aliphatic heterocycles. The van der Waals surface area contributed by atoms with Crippen molar-refractivity contribution in [3.63, 3.8) is 0 Å². The highest BCUT2D eigenvalue weighted by atomic mass is 35.5. The number of nitrogens with zero attached hydrogens (tertiary/aromatic N) is 2. The number of nitriles is 1. The Labute approximate surface area is 166 Å². The molecule has 142 valence electrons. The van der Waals surface area contributed by atoms with Gasteiger partial charge in [-0.25, -0.2) is 4.79 Å². The molecule has 2 aromatic carbocycles. The number of esters is 1. The molecule has 2 aromatic rings. The number of amides is 2. The maximum absolute atomic E-state index is 12.3. The first-order chi connectivity index (χ1) is 13.5. The molecule has 0 radical (unpaired) electrons. The van der Waals surface area contributed by atoms with Crippen molar-refractivity contribution in [2.45, 2.75) is 12.8 Å². The van der Waals surface area contributed by atoms with Crippen LogP contribution in [0.5, 0.6) is 0 Å². The first-order valence-electron chi connectivity index (χ1n) is 8.55. The summed E-state index contributed by atoms with van der Waals surface area (Å²) in [5.74, 6) is -1.34. The molecule has 2 amide bonds. The third kappa shape index (κ3) is 4.30. The normalized spacial score (nSPS) is 13.1. The third-order valence-electron chi connectivity index (χ3n) is 4.20. The van der Waals surface area contributed by atoms with Crippen molar-refractivity contribution in [2.75, 3.05) is 23.4 Å². The topological polar surface area (TPSA) is 99.5 Å². The van der Waals surface area contributed by atoms with Crippen LogP contribution in [0.3, 0.4) is 0 Å². The second kappa shape index (κ2) is 8.55. The molecule has 0 aromatic heterocycles. The first-order valence-corrected chi connectivity index (χ1v) is 8.93. The Morgan fingerprint density at radius 3 is 2.75 bits per heavy atom. The Balaban J connectivity index is 1.64. The first kappa shape index (κ1) is 19.4. The van der Waals surface area contributed by atoms with Gasteiger partial charge in [0, 0.05) is 13.0 Å². The van der Waals surface area contributed by atoms with Gasteiger partial charge in [0.2, 0.25) is 5.91 Å². The number of benzene rings is 2. The van der Waals surface area contributed by atoms with E-state index in [1.54, 1.807) is 24.3 Å². The number of carbonyl (C=O) groups is 3. The van der Waals surface area contributed by atoms with Gasteiger partial charge < -0.3 is 15.0 Å². The zero-order chi connectivity index (χ0) is 20.1. The SMILES string of the molecule is N#Cc1ccccc1NC(=O)COC(=O)c1ccc(Cl)c(N2CCCC2=O)c1. The zero-order valence-electron chi connectivity index (χ0n) is 14.8. The third-order valence-corrected chi connectivity index (χ3v) is 4.52. The summed E-state index contributed by atoms with van der Waals surface area (Å²) < 4.78 is 5.04. The molecule has 0 unspecified atom stereocenters. The summed E-state index contributed by atoms with van der Waals surface area (Å²) in [6, 6.07) is 12.9. The van der Waals surface area contributed by atoms with Crippen LogP contribution in [0.4, 0.5) is 11.4 Å². The molecule has 1 N–H and O–H groups in total. The van der Waals surface area contributed by atoms with Gasteiger partial charge in [-0.15, -0.1) is 0 Å². The van der Waals surface area contributed by atoms with Gasteiger partial charge in [-0.05, 0) is 36.8 Å². The van der Waals surface area contributed by atoms with Crippen molar-refractivity contribution in [1.82, 2.24) is 0 Å². The van der Waals surface area contributed by atoms with Crippen LogP contribution in [0, 0.1) is 11.3 Å². The van der Waals surface area contributed by atoms with E-state index >= 15 is 0 Å². The van der Waals surface area contributed by atoms with Crippen molar-refractivity contribution in [3.05, 3.63) is 58.6 Å². The van der Waals surface area contributed by atoms with Gasteiger partial charge in [-0.2, -0.15) is 5.26 Å². The molecule has 1 saturated heterocycles. The van der Waals surface area contributed by atoms with E-state index in [9.17, 15) is 14.4 Å². The Kier molecular flexibility index (Phi) is 5.92. The summed E-state index contributed by atoms with van der Waals surface area (Å²) in [6.45, 7) is 0.0248. The minimum atomic E-state index is -0.715. The molecule has 0 spiro atoms. The van der Waals surface area contributed by atoms with E-state index in [0.29, 0.717) is 34.9 Å². The Morgan fingerprint density at radius 1 is 1.25 bits per heavy atom. The number of carbonyl (C=O) groups excluding carboxylic acids is 3. The average Bonchev–Trinajstić information content (AvgIpc) is 3.12. The van der Waals surface area contributed by atoms with Gasteiger partial charge in [0.1, 0.15) is 6.07 Å². The van der Waals surface area contributed by atoms with E-state index in [-0.39, 0.29) is 11.5 Å². The second-order valence-electron chi connectivity index (χ2n) is 6.10. The Bertz CT molecular complexity index is 984. The highest BCUT2D eigenvalue weighted by molar-refractivity contribution is 6.34. The smallest absolute Gasteiger partial charge is 0.338 e. The molecular weight excluding hydrogens is 382 g/mol. The molecule has 8 heteroatoms. The molecule has 1 fully saturated rings. The summed E-state index contributed by atoms with van der Waals surface area (Å²) in [7, 11) is 0. The Hall–Kier alpha value is -3.37. The van der Waals surface area contributed by atoms with Crippen LogP contribution in [0.25, 0.3) is 0 Å². The molecule has 28 heavy (non-hydrogen) atoms. The number of para-hydroxylation sites is 1. The van der Waals surface area contributed by atoms with Crippen LogP contribution >= 0.6 is 11.6 Å². The molecule has 0 aliphatic carbocycles. The van der Waals surface area contributed by atoms with Gasteiger partial charge >= 0.3 is 5.97 Å². The number of halogens is 1. The van der Waals surface area contributed by atoms with Gasteiger partial charge in [-0.1, -0.05) is 23.7 Å². The van der Waals surface area contributed by atoms with E-state index in [0.717, 1.165) is 6.42 Å². The predicted octanol–water partition coefficient (Wildman–Crippen LogP) is 3.13. The van der Waals surface area contributed by atoms with Crippen molar-refractivity contribution < 1.29 is 19.1 Å². The maximum Gasteiger partial charge on any atom is 0.338 e. The molecule has 0 atom stereocenters. The summed E-state index contributed by atoms with van der Waals surface area (Å²) >= 11 is 6.16. The highest BCUT2D eigenvalue weighted by Gasteiger charge is 2.24. The second-order valence-corrected chi connectivity index (χ2v) is 6.50. The Morgan fingerprint density at radius 2 is 2.04 bits per heavy atom. The number of ether oxygens (including phenoxy) is 1. The van der Waals surface area contributed by atoms with Crippen molar-refractivity contribution >= 4 is 40.8 Å². The predicted molar refractivity (Wildman–Crippen MR) is 103 cm³/mol. The lowest BCUT2D eigenvalue weighted by Crippen LogP contribution is -2.25. The van der Waals surface area contributed by atoms with Crippen LogP contribution in [0.2, 0.25) is 5.02 Å². The lowest BCUT2D eigenvalue weighted by Gasteiger charge is -2.18. The molecule has 3 rings (SSSR count). The fourth-order valence-electron chi connectivity index (χ4n) is 2.84. The number of nitrogens with one attached hydrogen (secondary N) is 1. The van der Waals surface area contributed by atoms with E-state index in [1.165, 1.54) is 23.1 Å². The van der Waals surface area contributed by atoms with Crippen LogP contribution in [-0.4, -0.2) is 30.9 Å². The molecule has 0 bridgehead atoms. The van der Waals surface area contributed by atoms with Crippen LogP contribution < -0.4 is 10.2 Å². The van der Waals surface area contributed by atoms with E-state index in [4.69, 9.17) is 21.6 Å². The van der Waals surface area contributed by atoms with Crippen molar-refractivity contribution in [2.24, 2.45) is 0 Å². The summed E-state index contributed by atoms with van der Waals surface area (Å²) in [5, 5.41) is 11.9. The van der Waals surface area contributed by atoms with Crippen molar-refractivity contribution in [3.8, 4) is 6.07 Å². The van der Waals surface area contributed by atoms with Gasteiger partial charge in [0.05, 0.1) is 27.5 Å². The van der Waals surface area contributed by atoms with Gasteiger partial charge in [0.25, 0.3) is 5.91 Å². The van der Waals surface area contributed by atoms with Crippen LogP contribution in [0.15, 0.2) is 42.5 Å².